The van der Waals surface area contributed by atoms with Crippen LogP contribution in [0.2, 0.25) is 0 Å². The van der Waals surface area contributed by atoms with Crippen molar-refractivity contribution in [2.24, 2.45) is 0 Å². The predicted molar refractivity (Wildman–Crippen MR) is 29.7 cm³/mol. The minimum Gasteiger partial charge on any atom is -0.799 e. The van der Waals surface area contributed by atoms with Crippen LogP contribution in [0.25, 0.3) is 5.41 Å². The fourth-order valence-electron chi connectivity index (χ4n) is 0.443. The summed E-state index contributed by atoms with van der Waals surface area (Å²) in [5.74, 6) is 0. The Morgan fingerprint density at radius 2 is 2.62 bits per heavy atom. The van der Waals surface area contributed by atoms with Gasteiger partial charge in [-0.1, -0.05) is 12.1 Å². The van der Waals surface area contributed by atoms with Crippen LogP contribution in [0.1, 0.15) is 0 Å². The molecule has 3 nitrogen and oxygen atoms in total. The first kappa shape index (κ1) is 4.90. The molecule has 0 saturated carbocycles. The maximum absolute atomic E-state index is 10.2. The van der Waals surface area contributed by atoms with Crippen LogP contribution in [-0.2, 0) is 0 Å². The lowest BCUT2D eigenvalue weighted by atomic mass is 10.2. The van der Waals surface area contributed by atoms with Crippen molar-refractivity contribution in [1.29, 1.82) is 0 Å². The topological polar surface area (TPSA) is 42.4 Å². The van der Waals surface area contributed by atoms with Crippen LogP contribution in [-0.4, -0.2) is 10.5 Å². The highest BCUT2D eigenvalue weighted by atomic mass is 16.3. The maximum Gasteiger partial charge on any atom is 0.227 e. The highest BCUT2D eigenvalue weighted by Crippen LogP contribution is 1.98. The van der Waals surface area contributed by atoms with Gasteiger partial charge < -0.3 is 5.41 Å². The van der Waals surface area contributed by atoms with E-state index in [9.17, 15) is 4.91 Å². The predicted octanol–water partition coefficient (Wildman–Crippen LogP) is 0.669. The second kappa shape index (κ2) is 1.69. The average Bonchev–Trinajstić information content (AvgIpc) is 1.64. The van der Waals surface area contributed by atoms with E-state index in [4.69, 9.17) is 5.41 Å². The fraction of sp³-hybridized carbons (Fsp3) is 0. The highest BCUT2D eigenvalue weighted by molar-refractivity contribution is 6.02. The van der Waals surface area contributed by atoms with Crippen LogP contribution in [0.3, 0.4) is 0 Å². The molecule has 0 aromatic rings. The van der Waals surface area contributed by atoms with E-state index in [0.717, 1.165) is 6.54 Å². The molecule has 3 heteroatoms. The van der Waals surface area contributed by atoms with E-state index in [1.807, 2.05) is 0 Å². The molecule has 0 radical (unpaired) electrons. The van der Waals surface area contributed by atoms with Gasteiger partial charge in [-0.15, -0.1) is 0 Å². The third-order valence-corrected chi connectivity index (χ3v) is 0.759. The van der Waals surface area contributed by atoms with Crippen LogP contribution < -0.4 is 0 Å². The molecule has 0 amide bonds. The Balaban J connectivity index is 2.68. The number of rotatable bonds is 0. The van der Waals surface area contributed by atoms with Gasteiger partial charge >= 0.3 is 0 Å². The van der Waals surface area contributed by atoms with Crippen molar-refractivity contribution < 1.29 is 4.76 Å². The Hall–Kier alpha value is -1.25. The quantitative estimate of drug-likeness (QED) is 0.332. The molecule has 0 fully saturated rings. The van der Waals surface area contributed by atoms with Crippen molar-refractivity contribution in [3.8, 4) is 0 Å². The monoisotopic (exact) mass is 108 g/mol. The summed E-state index contributed by atoms with van der Waals surface area (Å²) in [6.07, 6.45) is 4.22. The third kappa shape index (κ3) is 0.872. The highest BCUT2D eigenvalue weighted by Gasteiger charge is 2.07. The number of hydrogen-bond donors (Lipinski definition) is 0. The summed E-state index contributed by atoms with van der Waals surface area (Å²) < 4.78 is 0.537. The first-order valence-electron chi connectivity index (χ1n) is 2.17. The van der Waals surface area contributed by atoms with Gasteiger partial charge in [-0.05, 0) is 0 Å². The zero-order valence-corrected chi connectivity index (χ0v) is 4.11. The Bertz CT molecular complexity index is 160. The summed E-state index contributed by atoms with van der Waals surface area (Å²) in [5, 5.41) is 8.59. The molecular formula is C5H4N2O. The third-order valence-electron chi connectivity index (χ3n) is 0.759. The van der Waals surface area contributed by atoms with Crippen LogP contribution >= 0.6 is 0 Å². The largest absolute Gasteiger partial charge is 0.799 e. The normalized spacial score (nSPS) is 17.5. The molecule has 1 heterocycles. The van der Waals surface area contributed by atoms with Gasteiger partial charge in [0.15, 0.2) is 0 Å². The number of nitroso groups, excluding NO2 is 1. The molecular weight excluding hydrogens is 104 g/mol. The van der Waals surface area contributed by atoms with Gasteiger partial charge in [0, 0.05) is 11.0 Å². The number of allylic oxidation sites excluding steroid dienone is 1. The van der Waals surface area contributed by atoms with Gasteiger partial charge in [-0.3, -0.25) is 0 Å². The van der Waals surface area contributed by atoms with E-state index >= 15 is 0 Å². The summed E-state index contributed by atoms with van der Waals surface area (Å²) in [5.41, 5.74) is -0.0116. The van der Waals surface area contributed by atoms with Crippen molar-refractivity contribution in [2.75, 3.05) is 0 Å². The van der Waals surface area contributed by atoms with Crippen molar-refractivity contribution in [3.05, 3.63) is 35.6 Å². The summed E-state index contributed by atoms with van der Waals surface area (Å²) in [4.78, 5) is 10.2. The Morgan fingerprint density at radius 1 is 1.88 bits per heavy atom. The molecule has 0 saturated heterocycles. The molecule has 40 valence electrons. The van der Waals surface area contributed by atoms with Gasteiger partial charge in [0.2, 0.25) is 12.7 Å². The molecule has 0 aliphatic carbocycles. The second-order valence-electron chi connectivity index (χ2n) is 1.42. The second-order valence-corrected chi connectivity index (χ2v) is 1.42. The van der Waals surface area contributed by atoms with E-state index in [-0.39, 0.29) is 5.71 Å². The number of hydrogen-bond acceptors (Lipinski definition) is 1. The molecule has 8 heavy (non-hydrogen) atoms. The smallest absolute Gasteiger partial charge is 0.227 e. The van der Waals surface area contributed by atoms with Crippen LogP contribution in [0.4, 0.5) is 0 Å². The lowest BCUT2D eigenvalue weighted by Gasteiger charge is -2.02. The standard InChI is InChI=1S/C5H4N2O/c6-5-2-1-3-7(8)4-5/h1-4H. The van der Waals surface area contributed by atoms with E-state index in [2.05, 4.69) is 0 Å². The van der Waals surface area contributed by atoms with Crippen molar-refractivity contribution in [3.63, 3.8) is 0 Å². The van der Waals surface area contributed by atoms with Crippen LogP contribution in [0.15, 0.2) is 12.3 Å². The molecule has 0 unspecified atom stereocenters. The van der Waals surface area contributed by atoms with Gasteiger partial charge in [0.25, 0.3) is 0 Å². The van der Waals surface area contributed by atoms with Crippen LogP contribution in [0, 0.1) is 17.9 Å². The van der Waals surface area contributed by atoms with E-state index in [1.54, 1.807) is 0 Å². The van der Waals surface area contributed by atoms with Crippen molar-refractivity contribution >= 4 is 5.71 Å². The van der Waals surface area contributed by atoms with Gasteiger partial charge in [-0.2, -0.15) is 0 Å². The fourth-order valence-corrected chi connectivity index (χ4v) is 0.443. The van der Waals surface area contributed by atoms with Gasteiger partial charge in [-0.25, -0.2) is 0 Å². The Labute approximate surface area is 47.1 Å². The molecule has 1 aliphatic rings. The Morgan fingerprint density at radius 3 is 3.00 bits per heavy atom. The van der Waals surface area contributed by atoms with Gasteiger partial charge in [0.1, 0.15) is 0 Å². The minimum atomic E-state index is -0.0116. The average molecular weight is 108 g/mol. The Kier molecular flexibility index (Phi) is 1.04. The summed E-state index contributed by atoms with van der Waals surface area (Å²) >= 11 is 0. The molecule has 0 N–H and O–H groups in total. The molecule has 0 aromatic carbocycles. The molecule has 1 aliphatic heterocycles. The molecule has 0 atom stereocenters. The first-order chi connectivity index (χ1) is 3.79. The minimum absolute atomic E-state index is 0.0116. The van der Waals surface area contributed by atoms with E-state index < -0.39 is 0 Å². The summed E-state index contributed by atoms with van der Waals surface area (Å²) in [6.45, 7) is 1.08. The van der Waals surface area contributed by atoms with Crippen molar-refractivity contribution in [1.82, 2.24) is 0 Å². The lowest BCUT2D eigenvalue weighted by molar-refractivity contribution is -0.424. The van der Waals surface area contributed by atoms with E-state index in [0.29, 0.717) is 4.76 Å². The molecule has 0 bridgehead atoms. The molecule has 0 aromatic heterocycles. The van der Waals surface area contributed by atoms with Crippen molar-refractivity contribution in [2.45, 2.75) is 0 Å². The number of nitrogens with zero attached hydrogens (tertiary/aromatic N) is 2. The summed E-state index contributed by atoms with van der Waals surface area (Å²) in [7, 11) is 0. The SMILES string of the molecule is [N-]=C1[CH+]C=C[N+](=O)[CH-]1. The maximum atomic E-state index is 10.2. The summed E-state index contributed by atoms with van der Waals surface area (Å²) in [6, 6.07) is 0. The molecule has 1 rings (SSSR count). The zero-order valence-electron chi connectivity index (χ0n) is 4.11. The van der Waals surface area contributed by atoms with E-state index in [1.165, 1.54) is 18.7 Å². The lowest BCUT2D eigenvalue weighted by Crippen LogP contribution is -2.09. The zero-order chi connectivity index (χ0) is 5.98. The first-order valence-corrected chi connectivity index (χ1v) is 2.17. The molecule has 0 spiro atoms. The van der Waals surface area contributed by atoms with Crippen LogP contribution in [0.5, 0.6) is 0 Å². The van der Waals surface area contributed by atoms with Gasteiger partial charge in [0.05, 0.1) is 4.76 Å².